The van der Waals surface area contributed by atoms with Crippen LogP contribution in [-0.2, 0) is 6.42 Å². The third-order valence-electron chi connectivity index (χ3n) is 3.06. The van der Waals surface area contributed by atoms with Crippen molar-refractivity contribution >= 4 is 23.2 Å². The molecule has 19 heavy (non-hydrogen) atoms. The Balaban J connectivity index is 2.25. The molecule has 4 heteroatoms. The van der Waals surface area contributed by atoms with Gasteiger partial charge in [0.25, 0.3) is 0 Å². The molecular weight excluding hydrogens is 284 g/mol. The Labute approximate surface area is 122 Å². The first-order chi connectivity index (χ1) is 9.11. The van der Waals surface area contributed by atoms with Crippen molar-refractivity contribution < 1.29 is 4.39 Å². The summed E-state index contributed by atoms with van der Waals surface area (Å²) < 4.78 is 12.9. The Morgan fingerprint density at radius 2 is 1.79 bits per heavy atom. The number of hydrogen-bond donors (Lipinski definition) is 1. The molecular formula is C15H14Cl2FN. The molecule has 1 N–H and O–H groups in total. The summed E-state index contributed by atoms with van der Waals surface area (Å²) in [6.45, 7) is 0. The first-order valence-corrected chi connectivity index (χ1v) is 6.73. The predicted octanol–water partition coefficient (Wildman–Crippen LogP) is 4.64. The van der Waals surface area contributed by atoms with Gasteiger partial charge in [-0.3, -0.25) is 0 Å². The maximum Gasteiger partial charge on any atom is 0.123 e. The first-order valence-electron chi connectivity index (χ1n) is 5.97. The average molecular weight is 298 g/mol. The summed E-state index contributed by atoms with van der Waals surface area (Å²) in [7, 11) is 1.87. The number of nitrogens with one attached hydrogen (secondary N) is 1. The second-order valence-electron chi connectivity index (χ2n) is 4.31. The van der Waals surface area contributed by atoms with E-state index >= 15 is 0 Å². The Kier molecular flexibility index (Phi) is 4.81. The summed E-state index contributed by atoms with van der Waals surface area (Å²) in [6.07, 6.45) is 0.719. The Morgan fingerprint density at radius 3 is 2.42 bits per heavy atom. The lowest BCUT2D eigenvalue weighted by molar-refractivity contribution is 0.589. The van der Waals surface area contributed by atoms with E-state index in [0.29, 0.717) is 10.0 Å². The van der Waals surface area contributed by atoms with Crippen LogP contribution in [-0.4, -0.2) is 7.05 Å². The lowest BCUT2D eigenvalue weighted by Gasteiger charge is -2.18. The number of benzene rings is 2. The van der Waals surface area contributed by atoms with Gasteiger partial charge in [0, 0.05) is 6.04 Å². The van der Waals surface area contributed by atoms with Crippen LogP contribution in [0.1, 0.15) is 17.2 Å². The zero-order valence-corrected chi connectivity index (χ0v) is 12.0. The molecule has 0 aliphatic rings. The average Bonchev–Trinajstić information content (AvgIpc) is 2.42. The van der Waals surface area contributed by atoms with Crippen molar-refractivity contribution in [2.24, 2.45) is 0 Å². The van der Waals surface area contributed by atoms with Gasteiger partial charge in [0.15, 0.2) is 0 Å². The Morgan fingerprint density at radius 1 is 1.11 bits per heavy atom. The van der Waals surface area contributed by atoms with E-state index < -0.39 is 0 Å². The molecule has 0 aliphatic carbocycles. The number of halogens is 3. The van der Waals surface area contributed by atoms with Gasteiger partial charge in [-0.15, -0.1) is 0 Å². The van der Waals surface area contributed by atoms with Crippen molar-refractivity contribution in [3.63, 3.8) is 0 Å². The molecule has 2 aromatic carbocycles. The highest BCUT2D eigenvalue weighted by Crippen LogP contribution is 2.31. The lowest BCUT2D eigenvalue weighted by Crippen LogP contribution is -2.19. The normalized spacial score (nSPS) is 12.4. The molecule has 0 spiro atoms. The maximum absolute atomic E-state index is 12.9. The van der Waals surface area contributed by atoms with Crippen LogP contribution in [0.25, 0.3) is 0 Å². The summed E-state index contributed by atoms with van der Waals surface area (Å²) >= 11 is 12.3. The van der Waals surface area contributed by atoms with Gasteiger partial charge < -0.3 is 5.32 Å². The number of likely N-dealkylation sites (N-methyl/N-ethyl adjacent to an activating group) is 1. The van der Waals surface area contributed by atoms with Gasteiger partial charge in [-0.1, -0.05) is 47.5 Å². The monoisotopic (exact) mass is 297 g/mol. The van der Waals surface area contributed by atoms with E-state index in [1.807, 2.05) is 19.2 Å². The Bertz CT molecular complexity index is 555. The fourth-order valence-electron chi connectivity index (χ4n) is 2.01. The summed E-state index contributed by atoms with van der Waals surface area (Å²) in [5.74, 6) is -0.231. The van der Waals surface area contributed by atoms with E-state index in [-0.39, 0.29) is 11.9 Å². The highest BCUT2D eigenvalue weighted by molar-refractivity contribution is 6.42. The van der Waals surface area contributed by atoms with Crippen molar-refractivity contribution in [2.75, 3.05) is 7.05 Å². The fraction of sp³-hybridized carbons (Fsp3) is 0.200. The molecule has 0 amide bonds. The molecule has 0 saturated carbocycles. The molecule has 0 aliphatic heterocycles. The van der Waals surface area contributed by atoms with Crippen molar-refractivity contribution in [2.45, 2.75) is 12.5 Å². The molecule has 1 unspecified atom stereocenters. The smallest absolute Gasteiger partial charge is 0.123 e. The van der Waals surface area contributed by atoms with Crippen molar-refractivity contribution in [3.05, 3.63) is 69.5 Å². The van der Waals surface area contributed by atoms with Crippen LogP contribution >= 0.6 is 23.2 Å². The summed E-state index contributed by atoms with van der Waals surface area (Å²) in [5.41, 5.74) is 1.98. The summed E-state index contributed by atoms with van der Waals surface area (Å²) in [6, 6.07) is 12.1. The van der Waals surface area contributed by atoms with E-state index in [1.54, 1.807) is 18.2 Å². The molecule has 0 aromatic heterocycles. The first kappa shape index (κ1) is 14.3. The quantitative estimate of drug-likeness (QED) is 0.867. The van der Waals surface area contributed by atoms with Gasteiger partial charge in [0.2, 0.25) is 0 Å². The van der Waals surface area contributed by atoms with E-state index in [9.17, 15) is 4.39 Å². The van der Waals surface area contributed by atoms with Crippen LogP contribution in [0.3, 0.4) is 0 Å². The standard InChI is InChI=1S/C15H14Cl2FN/c1-19-14(9-10-5-7-11(18)8-6-10)12-3-2-4-13(16)15(12)17/h2-8,14,19H,9H2,1H3. The van der Waals surface area contributed by atoms with Crippen LogP contribution in [0.2, 0.25) is 10.0 Å². The van der Waals surface area contributed by atoms with Crippen LogP contribution in [0.5, 0.6) is 0 Å². The van der Waals surface area contributed by atoms with Gasteiger partial charge in [-0.25, -0.2) is 4.39 Å². The lowest BCUT2D eigenvalue weighted by atomic mass is 9.99. The molecule has 0 heterocycles. The fourth-order valence-corrected chi connectivity index (χ4v) is 2.45. The van der Waals surface area contributed by atoms with Crippen LogP contribution in [0.4, 0.5) is 4.39 Å². The van der Waals surface area contributed by atoms with Crippen LogP contribution in [0.15, 0.2) is 42.5 Å². The molecule has 0 radical (unpaired) electrons. The van der Waals surface area contributed by atoms with E-state index in [0.717, 1.165) is 17.5 Å². The van der Waals surface area contributed by atoms with E-state index in [1.165, 1.54) is 12.1 Å². The van der Waals surface area contributed by atoms with Gasteiger partial charge in [-0.05, 0) is 42.8 Å². The molecule has 0 saturated heterocycles. The largest absolute Gasteiger partial charge is 0.313 e. The molecule has 2 aromatic rings. The van der Waals surface area contributed by atoms with Gasteiger partial charge in [0.1, 0.15) is 5.82 Å². The summed E-state index contributed by atoms with van der Waals surface area (Å²) in [4.78, 5) is 0. The minimum absolute atomic E-state index is 0.0386. The molecule has 0 bridgehead atoms. The Hall–Kier alpha value is -1.09. The second-order valence-corrected chi connectivity index (χ2v) is 5.10. The van der Waals surface area contributed by atoms with Gasteiger partial charge in [0.05, 0.1) is 10.0 Å². The predicted molar refractivity (Wildman–Crippen MR) is 78.4 cm³/mol. The maximum atomic E-state index is 12.9. The topological polar surface area (TPSA) is 12.0 Å². The molecule has 1 atom stereocenters. The molecule has 0 fully saturated rings. The highest BCUT2D eigenvalue weighted by Gasteiger charge is 2.15. The highest BCUT2D eigenvalue weighted by atomic mass is 35.5. The van der Waals surface area contributed by atoms with Crippen molar-refractivity contribution in [1.82, 2.24) is 5.32 Å². The molecule has 100 valence electrons. The van der Waals surface area contributed by atoms with Crippen molar-refractivity contribution in [3.8, 4) is 0 Å². The zero-order chi connectivity index (χ0) is 13.8. The summed E-state index contributed by atoms with van der Waals surface area (Å²) in [5, 5.41) is 4.31. The van der Waals surface area contributed by atoms with Crippen molar-refractivity contribution in [1.29, 1.82) is 0 Å². The van der Waals surface area contributed by atoms with Crippen LogP contribution in [0, 0.1) is 5.82 Å². The zero-order valence-electron chi connectivity index (χ0n) is 10.5. The van der Waals surface area contributed by atoms with E-state index in [2.05, 4.69) is 5.32 Å². The molecule has 2 rings (SSSR count). The SMILES string of the molecule is CNC(Cc1ccc(F)cc1)c1cccc(Cl)c1Cl. The molecule has 1 nitrogen and oxygen atoms in total. The van der Waals surface area contributed by atoms with Gasteiger partial charge in [-0.2, -0.15) is 0 Å². The second kappa shape index (κ2) is 6.38. The van der Waals surface area contributed by atoms with E-state index in [4.69, 9.17) is 23.2 Å². The van der Waals surface area contributed by atoms with Gasteiger partial charge >= 0.3 is 0 Å². The third kappa shape index (κ3) is 3.47. The number of rotatable bonds is 4. The third-order valence-corrected chi connectivity index (χ3v) is 3.89. The minimum Gasteiger partial charge on any atom is -0.313 e. The minimum atomic E-state index is -0.231. The number of hydrogen-bond acceptors (Lipinski definition) is 1. The van der Waals surface area contributed by atoms with Crippen LogP contribution < -0.4 is 5.32 Å².